The summed E-state index contributed by atoms with van der Waals surface area (Å²) in [7, 11) is -4.01. The number of rotatable bonds is 5. The van der Waals surface area contributed by atoms with Gasteiger partial charge in [-0.05, 0) is 40.2 Å². The molecule has 0 fully saturated rings. The average Bonchev–Trinajstić information content (AvgIpc) is 2.92. The normalized spacial score (nSPS) is 12.0. The Kier molecular flexibility index (Phi) is 4.70. The molecule has 1 aromatic carbocycles. The third-order valence-electron chi connectivity index (χ3n) is 2.90. The van der Waals surface area contributed by atoms with E-state index in [-0.39, 0.29) is 23.2 Å². The summed E-state index contributed by atoms with van der Waals surface area (Å²) in [4.78, 5) is -0.456. The van der Waals surface area contributed by atoms with Gasteiger partial charge in [0.2, 0.25) is 10.0 Å². The van der Waals surface area contributed by atoms with Crippen LogP contribution in [0.1, 0.15) is 12.7 Å². The smallest absolute Gasteiger partial charge is 0.246 e. The number of nitrogens with two attached hydrogens (primary N) is 1. The minimum Gasteiger partial charge on any atom is -0.468 e. The van der Waals surface area contributed by atoms with E-state index in [0.717, 1.165) is 10.4 Å². The Morgan fingerprint density at radius 3 is 2.71 bits per heavy atom. The first-order valence-electron chi connectivity index (χ1n) is 6.13. The maximum Gasteiger partial charge on any atom is 0.246 e. The van der Waals surface area contributed by atoms with Crippen LogP contribution in [0.3, 0.4) is 0 Å². The van der Waals surface area contributed by atoms with Gasteiger partial charge >= 0.3 is 0 Å². The molecule has 0 amide bonds. The fraction of sp³-hybridized carbons (Fsp3) is 0.231. The standard InChI is InChI=1S/C13H14BrFN2O3S/c1-2-17(8-10-4-3-5-20-10)21(18,19)12-7-9(16)6-11(14)13(12)15/h3-7H,2,8,16H2,1H3. The third-order valence-corrected chi connectivity index (χ3v) is 5.40. The number of halogens is 2. The Balaban J connectivity index is 2.44. The van der Waals surface area contributed by atoms with E-state index in [1.165, 1.54) is 12.3 Å². The van der Waals surface area contributed by atoms with Crippen LogP contribution >= 0.6 is 15.9 Å². The van der Waals surface area contributed by atoms with Crippen LogP contribution in [0.15, 0.2) is 44.3 Å². The topological polar surface area (TPSA) is 76.5 Å². The van der Waals surface area contributed by atoms with Crippen molar-refractivity contribution in [3.8, 4) is 0 Å². The summed E-state index contributed by atoms with van der Waals surface area (Å²) < 4.78 is 45.6. The average molecular weight is 377 g/mol. The van der Waals surface area contributed by atoms with Crippen molar-refractivity contribution in [3.63, 3.8) is 0 Å². The van der Waals surface area contributed by atoms with Crippen LogP contribution in [0.25, 0.3) is 0 Å². The molecule has 0 aliphatic rings. The molecule has 114 valence electrons. The van der Waals surface area contributed by atoms with Crippen LogP contribution < -0.4 is 5.73 Å². The van der Waals surface area contributed by atoms with Gasteiger partial charge in [0, 0.05) is 12.2 Å². The highest BCUT2D eigenvalue weighted by atomic mass is 79.9. The lowest BCUT2D eigenvalue weighted by atomic mass is 10.3. The van der Waals surface area contributed by atoms with Gasteiger partial charge in [-0.15, -0.1) is 0 Å². The van der Waals surface area contributed by atoms with E-state index < -0.39 is 20.7 Å². The molecule has 2 aromatic rings. The van der Waals surface area contributed by atoms with E-state index in [1.807, 2.05) is 0 Å². The molecule has 0 spiro atoms. The third kappa shape index (κ3) is 3.28. The molecule has 0 bridgehead atoms. The van der Waals surface area contributed by atoms with Crippen LogP contribution in [0.5, 0.6) is 0 Å². The molecular weight excluding hydrogens is 363 g/mol. The van der Waals surface area contributed by atoms with E-state index in [4.69, 9.17) is 10.2 Å². The van der Waals surface area contributed by atoms with E-state index in [1.54, 1.807) is 19.1 Å². The lowest BCUT2D eigenvalue weighted by Gasteiger charge is -2.20. The molecule has 5 nitrogen and oxygen atoms in total. The van der Waals surface area contributed by atoms with Crippen LogP contribution in [0, 0.1) is 5.82 Å². The van der Waals surface area contributed by atoms with Crippen LogP contribution in [-0.4, -0.2) is 19.3 Å². The SMILES string of the molecule is CCN(Cc1ccco1)S(=O)(=O)c1cc(N)cc(Br)c1F. The summed E-state index contributed by atoms with van der Waals surface area (Å²) >= 11 is 2.96. The fourth-order valence-corrected chi connectivity index (χ4v) is 4.00. The number of hydrogen-bond acceptors (Lipinski definition) is 4. The highest BCUT2D eigenvalue weighted by Gasteiger charge is 2.28. The molecule has 1 aromatic heterocycles. The Labute approximate surface area is 130 Å². The van der Waals surface area contributed by atoms with Crippen molar-refractivity contribution >= 4 is 31.6 Å². The van der Waals surface area contributed by atoms with E-state index >= 15 is 0 Å². The molecule has 8 heteroatoms. The Bertz CT molecular complexity index is 732. The first-order valence-corrected chi connectivity index (χ1v) is 8.36. The number of hydrogen-bond donors (Lipinski definition) is 1. The zero-order valence-corrected chi connectivity index (χ0v) is 13.6. The second kappa shape index (κ2) is 6.17. The summed E-state index contributed by atoms with van der Waals surface area (Å²) in [6.45, 7) is 1.87. The molecular formula is C13H14BrFN2O3S. The number of sulfonamides is 1. The molecule has 0 saturated carbocycles. The van der Waals surface area contributed by atoms with Crippen molar-refractivity contribution in [2.75, 3.05) is 12.3 Å². The van der Waals surface area contributed by atoms with E-state index in [9.17, 15) is 12.8 Å². The van der Waals surface area contributed by atoms with Gasteiger partial charge in [-0.25, -0.2) is 12.8 Å². The zero-order chi connectivity index (χ0) is 15.6. The highest BCUT2D eigenvalue weighted by Crippen LogP contribution is 2.28. The molecule has 2 rings (SSSR count). The minimum absolute atomic E-state index is 0.00938. The maximum atomic E-state index is 14.1. The first kappa shape index (κ1) is 16.0. The summed E-state index contributed by atoms with van der Waals surface area (Å²) in [5.74, 6) is -0.383. The van der Waals surface area contributed by atoms with Gasteiger partial charge in [-0.1, -0.05) is 6.92 Å². The maximum absolute atomic E-state index is 14.1. The van der Waals surface area contributed by atoms with Crippen LogP contribution in [0.4, 0.5) is 10.1 Å². The Hall–Kier alpha value is -1.38. The molecule has 0 atom stereocenters. The molecule has 0 saturated heterocycles. The van der Waals surface area contributed by atoms with Gasteiger partial charge in [-0.2, -0.15) is 4.31 Å². The largest absolute Gasteiger partial charge is 0.468 e. The van der Waals surface area contributed by atoms with Crippen molar-refractivity contribution in [2.24, 2.45) is 0 Å². The fourth-order valence-electron chi connectivity index (χ4n) is 1.85. The molecule has 1 heterocycles. The molecule has 0 unspecified atom stereocenters. The van der Waals surface area contributed by atoms with Gasteiger partial charge in [0.25, 0.3) is 0 Å². The van der Waals surface area contributed by atoms with Gasteiger partial charge in [-0.3, -0.25) is 0 Å². The van der Waals surface area contributed by atoms with Crippen molar-refractivity contribution in [2.45, 2.75) is 18.4 Å². The molecule has 2 N–H and O–H groups in total. The predicted octanol–water partition coefficient (Wildman–Crippen LogP) is 2.97. The van der Waals surface area contributed by atoms with Crippen molar-refractivity contribution in [1.82, 2.24) is 4.31 Å². The molecule has 0 radical (unpaired) electrons. The van der Waals surface area contributed by atoms with Crippen molar-refractivity contribution in [1.29, 1.82) is 0 Å². The van der Waals surface area contributed by atoms with Gasteiger partial charge in [0.1, 0.15) is 10.7 Å². The lowest BCUT2D eigenvalue weighted by Crippen LogP contribution is -2.31. The quantitative estimate of drug-likeness (QED) is 0.813. The van der Waals surface area contributed by atoms with Crippen LogP contribution in [0.2, 0.25) is 0 Å². The van der Waals surface area contributed by atoms with Crippen molar-refractivity contribution in [3.05, 3.63) is 46.6 Å². The minimum atomic E-state index is -4.01. The van der Waals surface area contributed by atoms with Gasteiger partial charge in [0.05, 0.1) is 17.3 Å². The number of anilines is 1. The lowest BCUT2D eigenvalue weighted by molar-refractivity contribution is 0.373. The van der Waals surface area contributed by atoms with Crippen LogP contribution in [-0.2, 0) is 16.6 Å². The monoisotopic (exact) mass is 376 g/mol. The Morgan fingerprint density at radius 1 is 1.43 bits per heavy atom. The predicted molar refractivity (Wildman–Crippen MR) is 80.5 cm³/mol. The number of furan rings is 1. The molecule has 0 aliphatic carbocycles. The molecule has 21 heavy (non-hydrogen) atoms. The number of nitrogens with zero attached hydrogens (tertiary/aromatic N) is 1. The number of nitrogen functional groups attached to an aromatic ring is 1. The summed E-state index contributed by atoms with van der Waals surface area (Å²) in [6.07, 6.45) is 1.45. The number of benzene rings is 1. The zero-order valence-electron chi connectivity index (χ0n) is 11.2. The second-order valence-electron chi connectivity index (χ2n) is 4.33. The summed E-state index contributed by atoms with van der Waals surface area (Å²) in [5.41, 5.74) is 5.77. The van der Waals surface area contributed by atoms with Gasteiger partial charge < -0.3 is 10.2 Å². The molecule has 0 aliphatic heterocycles. The van der Waals surface area contributed by atoms with Gasteiger partial charge in [0.15, 0.2) is 5.82 Å². The first-order chi connectivity index (χ1) is 9.86. The van der Waals surface area contributed by atoms with E-state index in [2.05, 4.69) is 15.9 Å². The Morgan fingerprint density at radius 2 is 2.14 bits per heavy atom. The second-order valence-corrected chi connectivity index (χ2v) is 7.09. The summed E-state index contributed by atoms with van der Waals surface area (Å²) in [6, 6.07) is 5.74. The van der Waals surface area contributed by atoms with E-state index in [0.29, 0.717) is 5.76 Å². The summed E-state index contributed by atoms with van der Waals surface area (Å²) in [5, 5.41) is 0. The van der Waals surface area contributed by atoms with Crippen molar-refractivity contribution < 1.29 is 17.2 Å². The highest BCUT2D eigenvalue weighted by molar-refractivity contribution is 9.10.